The molecule has 1 fully saturated rings. The van der Waals surface area contributed by atoms with Crippen molar-refractivity contribution in [2.24, 2.45) is 0 Å². The van der Waals surface area contributed by atoms with Crippen LogP contribution in [0.5, 0.6) is 0 Å². The Balaban J connectivity index is 1.74. The number of methoxy groups -OCH3 is 1. The van der Waals surface area contributed by atoms with Crippen LogP contribution in [0, 0.1) is 0 Å². The summed E-state index contributed by atoms with van der Waals surface area (Å²) in [6.07, 6.45) is 2.47. The Labute approximate surface area is 128 Å². The van der Waals surface area contributed by atoms with Crippen LogP contribution in [0.4, 0.5) is 5.69 Å². The maximum Gasteiger partial charge on any atom is 0.227 e. The molecule has 4 nitrogen and oxygen atoms in total. The molecule has 2 heterocycles. The lowest BCUT2D eigenvalue weighted by Gasteiger charge is -2.15. The Bertz CT molecular complexity index is 621. The number of hydrogen-bond donors (Lipinski definition) is 0. The second-order valence-electron chi connectivity index (χ2n) is 5.07. The highest BCUT2D eigenvalue weighted by atomic mass is 32.1. The van der Waals surface area contributed by atoms with Gasteiger partial charge in [-0.25, -0.2) is 4.98 Å². The monoisotopic (exact) mass is 302 g/mol. The molecule has 0 atom stereocenters. The van der Waals surface area contributed by atoms with Gasteiger partial charge in [-0.2, -0.15) is 0 Å². The van der Waals surface area contributed by atoms with Gasteiger partial charge >= 0.3 is 0 Å². The van der Waals surface area contributed by atoms with Crippen molar-refractivity contribution in [1.82, 2.24) is 4.98 Å². The first-order chi connectivity index (χ1) is 10.3. The Hall–Kier alpha value is -1.72. The minimum atomic E-state index is 0.221. The molecule has 1 saturated heterocycles. The zero-order valence-electron chi connectivity index (χ0n) is 12.0. The van der Waals surface area contributed by atoms with Crippen LogP contribution in [0.3, 0.4) is 0 Å². The number of hydrogen-bond acceptors (Lipinski definition) is 4. The zero-order chi connectivity index (χ0) is 14.7. The second-order valence-corrected chi connectivity index (χ2v) is 6.01. The standard InChI is InChI=1S/C16H18N2O2S/c1-20-10-8-15-17-14(11-21-15)12-4-6-13(7-5-12)18-9-2-3-16(18)19/h4-7,11H,2-3,8-10H2,1H3. The van der Waals surface area contributed by atoms with Crippen LogP contribution in [-0.2, 0) is 16.0 Å². The van der Waals surface area contributed by atoms with E-state index in [1.165, 1.54) is 0 Å². The van der Waals surface area contributed by atoms with Crippen LogP contribution in [-0.4, -0.2) is 31.2 Å². The third kappa shape index (κ3) is 3.14. The summed E-state index contributed by atoms with van der Waals surface area (Å²) in [6, 6.07) is 8.09. The molecule has 110 valence electrons. The molecule has 0 bridgehead atoms. The van der Waals surface area contributed by atoms with E-state index in [2.05, 4.69) is 10.4 Å². The molecule has 3 rings (SSSR count). The van der Waals surface area contributed by atoms with E-state index in [4.69, 9.17) is 4.74 Å². The van der Waals surface area contributed by atoms with E-state index in [1.807, 2.05) is 29.2 Å². The van der Waals surface area contributed by atoms with Crippen LogP contribution in [0.25, 0.3) is 11.3 Å². The molecule has 0 unspecified atom stereocenters. The van der Waals surface area contributed by atoms with Gasteiger partial charge in [0.15, 0.2) is 0 Å². The van der Waals surface area contributed by atoms with Crippen molar-refractivity contribution in [2.75, 3.05) is 25.2 Å². The third-order valence-electron chi connectivity index (χ3n) is 3.62. The van der Waals surface area contributed by atoms with Gasteiger partial charge in [-0.15, -0.1) is 11.3 Å². The largest absolute Gasteiger partial charge is 0.384 e. The normalized spacial score (nSPS) is 14.9. The summed E-state index contributed by atoms with van der Waals surface area (Å²) in [5.74, 6) is 0.221. The minimum Gasteiger partial charge on any atom is -0.384 e. The SMILES string of the molecule is COCCc1nc(-c2ccc(N3CCCC3=O)cc2)cs1. The van der Waals surface area contributed by atoms with Crippen molar-refractivity contribution < 1.29 is 9.53 Å². The molecule has 21 heavy (non-hydrogen) atoms. The molecule has 0 aliphatic carbocycles. The van der Waals surface area contributed by atoms with Gasteiger partial charge in [0.2, 0.25) is 5.91 Å². The van der Waals surface area contributed by atoms with Gasteiger partial charge in [-0.3, -0.25) is 4.79 Å². The number of aromatic nitrogens is 1. The summed E-state index contributed by atoms with van der Waals surface area (Å²) in [5.41, 5.74) is 3.06. The molecule has 0 radical (unpaired) electrons. The number of carbonyl (C=O) groups excluding carboxylic acids is 1. The quantitative estimate of drug-likeness (QED) is 0.852. The van der Waals surface area contributed by atoms with Crippen LogP contribution in [0.2, 0.25) is 0 Å². The maximum atomic E-state index is 11.7. The zero-order valence-corrected chi connectivity index (χ0v) is 12.9. The summed E-state index contributed by atoms with van der Waals surface area (Å²) in [4.78, 5) is 18.2. The smallest absolute Gasteiger partial charge is 0.227 e. The Morgan fingerprint density at radius 2 is 2.14 bits per heavy atom. The summed E-state index contributed by atoms with van der Waals surface area (Å²) >= 11 is 1.66. The van der Waals surface area contributed by atoms with E-state index in [9.17, 15) is 4.79 Å². The van der Waals surface area contributed by atoms with Crippen LogP contribution >= 0.6 is 11.3 Å². The fourth-order valence-corrected chi connectivity index (χ4v) is 3.27. The molecule has 0 saturated carbocycles. The van der Waals surface area contributed by atoms with Gasteiger partial charge in [0.05, 0.1) is 17.3 Å². The van der Waals surface area contributed by atoms with Crippen LogP contribution in [0.1, 0.15) is 17.8 Å². The highest BCUT2D eigenvalue weighted by Gasteiger charge is 2.21. The minimum absolute atomic E-state index is 0.221. The van der Waals surface area contributed by atoms with Gasteiger partial charge in [0.1, 0.15) is 0 Å². The summed E-state index contributed by atoms with van der Waals surface area (Å²) in [6.45, 7) is 1.53. The summed E-state index contributed by atoms with van der Waals surface area (Å²) < 4.78 is 5.07. The summed E-state index contributed by atoms with van der Waals surface area (Å²) in [5, 5.41) is 3.16. The number of anilines is 1. The molecule has 0 N–H and O–H groups in total. The molecule has 1 aromatic heterocycles. The maximum absolute atomic E-state index is 11.7. The third-order valence-corrected chi connectivity index (χ3v) is 4.53. The van der Waals surface area contributed by atoms with Crippen molar-refractivity contribution in [3.8, 4) is 11.3 Å². The molecule has 1 amide bonds. The second kappa shape index (κ2) is 6.37. The number of benzene rings is 1. The number of ether oxygens (including phenoxy) is 1. The number of thiazole rings is 1. The van der Waals surface area contributed by atoms with Gasteiger partial charge in [-0.1, -0.05) is 12.1 Å². The average molecular weight is 302 g/mol. The van der Waals surface area contributed by atoms with E-state index in [0.29, 0.717) is 13.0 Å². The Kier molecular flexibility index (Phi) is 4.31. The van der Waals surface area contributed by atoms with Gasteiger partial charge in [-0.05, 0) is 18.6 Å². The van der Waals surface area contributed by atoms with E-state index >= 15 is 0 Å². The van der Waals surface area contributed by atoms with Crippen LogP contribution in [0.15, 0.2) is 29.6 Å². The van der Waals surface area contributed by atoms with Gasteiger partial charge in [0.25, 0.3) is 0 Å². The van der Waals surface area contributed by atoms with E-state index in [0.717, 1.165) is 41.3 Å². The first-order valence-electron chi connectivity index (χ1n) is 7.12. The fraction of sp³-hybridized carbons (Fsp3) is 0.375. The van der Waals surface area contributed by atoms with Crippen molar-refractivity contribution in [2.45, 2.75) is 19.3 Å². The Morgan fingerprint density at radius 3 is 2.81 bits per heavy atom. The van der Waals surface area contributed by atoms with Crippen molar-refractivity contribution >= 4 is 22.9 Å². The Morgan fingerprint density at radius 1 is 1.33 bits per heavy atom. The van der Waals surface area contributed by atoms with Gasteiger partial charge in [0, 0.05) is 43.1 Å². The van der Waals surface area contributed by atoms with E-state index in [1.54, 1.807) is 18.4 Å². The molecular weight excluding hydrogens is 284 g/mol. The first kappa shape index (κ1) is 14.2. The molecule has 0 spiro atoms. The van der Waals surface area contributed by atoms with Crippen LogP contribution < -0.4 is 4.90 Å². The van der Waals surface area contributed by atoms with Crippen molar-refractivity contribution in [3.05, 3.63) is 34.7 Å². The molecular formula is C16H18N2O2S. The topological polar surface area (TPSA) is 42.4 Å². The highest BCUT2D eigenvalue weighted by molar-refractivity contribution is 7.09. The molecule has 5 heteroatoms. The number of carbonyl (C=O) groups is 1. The first-order valence-corrected chi connectivity index (χ1v) is 8.00. The fourth-order valence-electron chi connectivity index (χ4n) is 2.48. The lowest BCUT2D eigenvalue weighted by Crippen LogP contribution is -2.23. The highest BCUT2D eigenvalue weighted by Crippen LogP contribution is 2.27. The van der Waals surface area contributed by atoms with Crippen molar-refractivity contribution in [3.63, 3.8) is 0 Å². The van der Waals surface area contributed by atoms with E-state index < -0.39 is 0 Å². The van der Waals surface area contributed by atoms with Crippen molar-refractivity contribution in [1.29, 1.82) is 0 Å². The predicted octanol–water partition coefficient (Wildman–Crippen LogP) is 3.13. The molecule has 1 aromatic carbocycles. The average Bonchev–Trinajstić information content (AvgIpc) is 3.14. The van der Waals surface area contributed by atoms with Gasteiger partial charge < -0.3 is 9.64 Å². The number of rotatable bonds is 5. The number of amides is 1. The lowest BCUT2D eigenvalue weighted by molar-refractivity contribution is -0.117. The molecule has 1 aliphatic rings. The van der Waals surface area contributed by atoms with E-state index in [-0.39, 0.29) is 5.91 Å². The number of nitrogens with zero attached hydrogens (tertiary/aromatic N) is 2. The molecule has 1 aliphatic heterocycles. The summed E-state index contributed by atoms with van der Waals surface area (Å²) in [7, 11) is 1.70. The lowest BCUT2D eigenvalue weighted by atomic mass is 10.1. The molecule has 2 aromatic rings. The predicted molar refractivity (Wildman–Crippen MR) is 84.7 cm³/mol.